The second-order valence-corrected chi connectivity index (χ2v) is 4.03. The Morgan fingerprint density at radius 2 is 2.15 bits per heavy atom. The molecule has 6 nitrogen and oxygen atoms in total. The van der Waals surface area contributed by atoms with Gasteiger partial charge in [-0.1, -0.05) is 24.3 Å². The molecular formula is C14H22N2O4. The van der Waals surface area contributed by atoms with Crippen molar-refractivity contribution >= 4 is 11.9 Å². The maximum atomic E-state index is 11.8. The second kappa shape index (κ2) is 9.06. The van der Waals surface area contributed by atoms with E-state index in [0.29, 0.717) is 12.0 Å². The molecule has 0 heterocycles. The maximum Gasteiger partial charge on any atom is 0.348 e. The predicted octanol–water partition coefficient (Wildman–Crippen LogP) is 0.739. The van der Waals surface area contributed by atoms with E-state index in [0.717, 1.165) is 0 Å². The molecule has 112 valence electrons. The molecule has 0 rings (SSSR count). The van der Waals surface area contributed by atoms with Crippen LogP contribution < -0.4 is 11.3 Å². The van der Waals surface area contributed by atoms with E-state index in [9.17, 15) is 14.7 Å². The Morgan fingerprint density at radius 1 is 1.50 bits per heavy atom. The number of nitrogens with two attached hydrogens (primary N) is 1. The third-order valence-electron chi connectivity index (χ3n) is 2.51. The van der Waals surface area contributed by atoms with Gasteiger partial charge in [0, 0.05) is 6.42 Å². The number of aliphatic hydroxyl groups is 1. The zero-order chi connectivity index (χ0) is 15.6. The van der Waals surface area contributed by atoms with Crippen LogP contribution in [0.1, 0.15) is 26.7 Å². The number of esters is 1. The SMILES string of the molecule is C=CCC=C(C=CC)CC(O)(C(=O)NN)C(=O)OCC. The Morgan fingerprint density at radius 3 is 2.60 bits per heavy atom. The van der Waals surface area contributed by atoms with Gasteiger partial charge in [0.1, 0.15) is 0 Å². The second-order valence-electron chi connectivity index (χ2n) is 4.03. The number of allylic oxidation sites excluding steroid dienone is 4. The lowest BCUT2D eigenvalue weighted by Gasteiger charge is -2.24. The first kappa shape index (κ1) is 18.1. The molecule has 0 aromatic rings. The Kier molecular flexibility index (Phi) is 8.19. The van der Waals surface area contributed by atoms with Gasteiger partial charge in [0.25, 0.3) is 5.91 Å². The van der Waals surface area contributed by atoms with Crippen LogP contribution in [0.25, 0.3) is 0 Å². The number of amides is 1. The van der Waals surface area contributed by atoms with Gasteiger partial charge in [-0.15, -0.1) is 6.58 Å². The van der Waals surface area contributed by atoms with Crippen molar-refractivity contribution in [3.05, 3.63) is 36.5 Å². The lowest BCUT2D eigenvalue weighted by molar-refractivity contribution is -0.171. The van der Waals surface area contributed by atoms with Crippen molar-refractivity contribution in [2.45, 2.75) is 32.3 Å². The molecular weight excluding hydrogens is 260 g/mol. The fourth-order valence-electron chi connectivity index (χ4n) is 1.56. The van der Waals surface area contributed by atoms with Gasteiger partial charge in [0.15, 0.2) is 0 Å². The molecule has 20 heavy (non-hydrogen) atoms. The molecule has 1 unspecified atom stereocenters. The fourth-order valence-corrected chi connectivity index (χ4v) is 1.56. The van der Waals surface area contributed by atoms with Crippen LogP contribution in [0.2, 0.25) is 0 Å². The molecule has 0 saturated carbocycles. The van der Waals surface area contributed by atoms with Crippen molar-refractivity contribution in [3.8, 4) is 0 Å². The van der Waals surface area contributed by atoms with Crippen LogP contribution in [0.4, 0.5) is 0 Å². The quantitative estimate of drug-likeness (QED) is 0.116. The minimum atomic E-state index is -2.35. The van der Waals surface area contributed by atoms with Crippen molar-refractivity contribution in [1.82, 2.24) is 5.43 Å². The van der Waals surface area contributed by atoms with Gasteiger partial charge in [-0.25, -0.2) is 10.6 Å². The zero-order valence-electron chi connectivity index (χ0n) is 11.9. The number of ether oxygens (including phenoxy) is 1. The minimum absolute atomic E-state index is 0.0499. The van der Waals surface area contributed by atoms with Crippen LogP contribution in [0, 0.1) is 0 Å². The van der Waals surface area contributed by atoms with E-state index in [4.69, 9.17) is 10.6 Å². The van der Waals surface area contributed by atoms with Gasteiger partial charge < -0.3 is 9.84 Å². The molecule has 0 saturated heterocycles. The fraction of sp³-hybridized carbons (Fsp3) is 0.429. The average molecular weight is 282 g/mol. The van der Waals surface area contributed by atoms with E-state index < -0.39 is 17.5 Å². The van der Waals surface area contributed by atoms with E-state index >= 15 is 0 Å². The van der Waals surface area contributed by atoms with Crippen molar-refractivity contribution in [1.29, 1.82) is 0 Å². The lowest BCUT2D eigenvalue weighted by atomic mass is 9.92. The molecule has 0 fully saturated rings. The Hall–Kier alpha value is -1.92. The van der Waals surface area contributed by atoms with Gasteiger partial charge in [0.2, 0.25) is 5.60 Å². The first-order valence-electron chi connectivity index (χ1n) is 6.29. The molecule has 0 aromatic heterocycles. The Balaban J connectivity index is 5.37. The molecule has 0 aliphatic carbocycles. The molecule has 1 amide bonds. The molecule has 0 bridgehead atoms. The number of rotatable bonds is 8. The summed E-state index contributed by atoms with van der Waals surface area (Å²) in [4.78, 5) is 23.5. The van der Waals surface area contributed by atoms with E-state index in [1.165, 1.54) is 0 Å². The molecule has 0 aliphatic rings. The van der Waals surface area contributed by atoms with Crippen LogP contribution in [-0.2, 0) is 14.3 Å². The van der Waals surface area contributed by atoms with Crippen LogP contribution in [0.15, 0.2) is 36.5 Å². The predicted molar refractivity (Wildman–Crippen MR) is 76.2 cm³/mol. The highest BCUT2D eigenvalue weighted by atomic mass is 16.5. The number of carbonyl (C=O) groups excluding carboxylic acids is 2. The first-order chi connectivity index (χ1) is 9.46. The van der Waals surface area contributed by atoms with Crippen molar-refractivity contribution < 1.29 is 19.4 Å². The summed E-state index contributed by atoms with van der Waals surface area (Å²) in [5.74, 6) is 2.98. The highest BCUT2D eigenvalue weighted by Gasteiger charge is 2.45. The molecule has 6 heteroatoms. The summed E-state index contributed by atoms with van der Waals surface area (Å²) in [6.45, 7) is 7.00. The molecule has 0 aliphatic heterocycles. The number of hydrogen-bond donors (Lipinski definition) is 3. The summed E-state index contributed by atoms with van der Waals surface area (Å²) in [6.07, 6.45) is 7.16. The van der Waals surface area contributed by atoms with Gasteiger partial charge in [-0.05, 0) is 25.8 Å². The molecule has 1 atom stereocenters. The number of hydrazine groups is 1. The number of carbonyl (C=O) groups is 2. The van der Waals surface area contributed by atoms with Crippen molar-refractivity contribution in [2.75, 3.05) is 6.61 Å². The highest BCUT2D eigenvalue weighted by molar-refractivity contribution is 6.06. The summed E-state index contributed by atoms with van der Waals surface area (Å²) >= 11 is 0. The normalized spacial score (nSPS) is 14.7. The van der Waals surface area contributed by atoms with E-state index in [1.807, 2.05) is 0 Å². The Labute approximate surface area is 119 Å². The monoisotopic (exact) mass is 282 g/mol. The van der Waals surface area contributed by atoms with Gasteiger partial charge >= 0.3 is 5.97 Å². The topological polar surface area (TPSA) is 102 Å². The van der Waals surface area contributed by atoms with Gasteiger partial charge in [-0.2, -0.15) is 0 Å². The van der Waals surface area contributed by atoms with Crippen molar-refractivity contribution in [3.63, 3.8) is 0 Å². The Bertz CT molecular complexity index is 415. The van der Waals surface area contributed by atoms with Crippen LogP contribution in [0.5, 0.6) is 0 Å². The van der Waals surface area contributed by atoms with E-state index in [2.05, 4.69) is 6.58 Å². The summed E-state index contributed by atoms with van der Waals surface area (Å²) < 4.78 is 4.74. The maximum absolute atomic E-state index is 11.8. The summed E-state index contributed by atoms with van der Waals surface area (Å²) in [7, 11) is 0. The van der Waals surface area contributed by atoms with E-state index in [1.54, 1.807) is 43.6 Å². The smallest absolute Gasteiger partial charge is 0.348 e. The third kappa shape index (κ3) is 4.99. The summed E-state index contributed by atoms with van der Waals surface area (Å²) in [6, 6.07) is 0. The first-order valence-corrected chi connectivity index (χ1v) is 6.29. The summed E-state index contributed by atoms with van der Waals surface area (Å²) in [5.41, 5.74) is 0.0406. The van der Waals surface area contributed by atoms with Crippen molar-refractivity contribution in [2.24, 2.45) is 5.84 Å². The van der Waals surface area contributed by atoms with Crippen LogP contribution >= 0.6 is 0 Å². The van der Waals surface area contributed by atoms with Gasteiger partial charge in [0.05, 0.1) is 6.61 Å². The van der Waals surface area contributed by atoms with E-state index in [-0.39, 0.29) is 13.0 Å². The largest absolute Gasteiger partial charge is 0.463 e. The molecule has 0 spiro atoms. The molecule has 4 N–H and O–H groups in total. The highest BCUT2D eigenvalue weighted by Crippen LogP contribution is 2.21. The molecule has 0 radical (unpaired) electrons. The van der Waals surface area contributed by atoms with Crippen LogP contribution in [0.3, 0.4) is 0 Å². The number of nitrogens with one attached hydrogen (secondary N) is 1. The zero-order valence-corrected chi connectivity index (χ0v) is 11.9. The van der Waals surface area contributed by atoms with Gasteiger partial charge in [-0.3, -0.25) is 10.2 Å². The average Bonchev–Trinajstić information content (AvgIpc) is 2.44. The number of hydrogen-bond acceptors (Lipinski definition) is 5. The minimum Gasteiger partial charge on any atom is -0.463 e. The standard InChI is InChI=1S/C14H22N2O4/c1-4-7-9-11(8-5-2)10-14(19,12(17)16-15)13(18)20-6-3/h4-5,8-9,19H,1,6-7,10,15H2,2-3H3,(H,16,17). The molecule has 0 aromatic carbocycles. The third-order valence-corrected chi connectivity index (χ3v) is 2.51. The lowest BCUT2D eigenvalue weighted by Crippen LogP contribution is -2.55. The summed E-state index contributed by atoms with van der Waals surface area (Å²) in [5, 5.41) is 10.3. The van der Waals surface area contributed by atoms with Crippen LogP contribution in [-0.4, -0.2) is 29.2 Å².